The van der Waals surface area contributed by atoms with Gasteiger partial charge in [-0.3, -0.25) is 9.59 Å². The molecular weight excluding hydrogens is 434 g/mol. The molecular formula is C25H25N5O2S. The smallest absolute Gasteiger partial charge is 0.264 e. The Hall–Kier alpha value is -3.52. The number of carbonyl (C=O) groups is 2. The highest BCUT2D eigenvalue weighted by Gasteiger charge is 2.29. The van der Waals surface area contributed by atoms with Crippen LogP contribution in [0.2, 0.25) is 0 Å². The van der Waals surface area contributed by atoms with Crippen molar-refractivity contribution in [2.45, 2.75) is 26.7 Å². The van der Waals surface area contributed by atoms with Crippen LogP contribution in [0.4, 0.5) is 5.82 Å². The molecule has 0 spiro atoms. The third-order valence-corrected chi connectivity index (χ3v) is 7.17. The zero-order chi connectivity index (χ0) is 22.9. The number of anilines is 1. The number of nitrogens with one attached hydrogen (secondary N) is 1. The molecule has 4 aromatic rings. The number of aryl methyl sites for hydroxylation is 2. The van der Waals surface area contributed by atoms with Gasteiger partial charge in [0.15, 0.2) is 0 Å². The highest BCUT2D eigenvalue weighted by atomic mass is 32.1. The van der Waals surface area contributed by atoms with Crippen molar-refractivity contribution in [3.05, 3.63) is 70.9 Å². The summed E-state index contributed by atoms with van der Waals surface area (Å²) in [5.41, 5.74) is 2.94. The molecule has 2 amide bonds. The molecule has 1 aliphatic rings. The number of amides is 2. The van der Waals surface area contributed by atoms with Gasteiger partial charge < -0.3 is 10.2 Å². The van der Waals surface area contributed by atoms with E-state index in [1.54, 1.807) is 6.20 Å². The molecule has 1 aliphatic heterocycles. The molecule has 0 unspecified atom stereocenters. The molecule has 8 heteroatoms. The van der Waals surface area contributed by atoms with Gasteiger partial charge in [-0.2, -0.15) is 5.10 Å². The van der Waals surface area contributed by atoms with Gasteiger partial charge in [0.2, 0.25) is 5.91 Å². The number of hydrogen-bond donors (Lipinski definition) is 1. The summed E-state index contributed by atoms with van der Waals surface area (Å²) in [6, 6.07) is 15.7. The molecule has 7 nitrogen and oxygen atoms in total. The Kier molecular flexibility index (Phi) is 5.68. The van der Waals surface area contributed by atoms with Crippen LogP contribution in [0, 0.1) is 19.8 Å². The number of piperidine rings is 1. The van der Waals surface area contributed by atoms with Crippen LogP contribution in [0.5, 0.6) is 0 Å². The molecule has 1 aromatic carbocycles. The molecule has 33 heavy (non-hydrogen) atoms. The highest BCUT2D eigenvalue weighted by molar-refractivity contribution is 7.20. The van der Waals surface area contributed by atoms with Gasteiger partial charge in [-0.15, -0.1) is 11.3 Å². The molecule has 3 aromatic heterocycles. The van der Waals surface area contributed by atoms with Crippen LogP contribution in [0.25, 0.3) is 15.9 Å². The van der Waals surface area contributed by atoms with Crippen molar-refractivity contribution in [2.75, 3.05) is 18.4 Å². The number of likely N-dealkylation sites (tertiary alicyclic amines) is 1. The lowest BCUT2D eigenvalue weighted by atomic mass is 9.95. The summed E-state index contributed by atoms with van der Waals surface area (Å²) in [6.07, 6.45) is 2.98. The van der Waals surface area contributed by atoms with E-state index >= 15 is 0 Å². The van der Waals surface area contributed by atoms with Gasteiger partial charge in [-0.1, -0.05) is 18.2 Å². The van der Waals surface area contributed by atoms with E-state index in [1.807, 2.05) is 72.0 Å². The van der Waals surface area contributed by atoms with Crippen LogP contribution < -0.4 is 5.32 Å². The van der Waals surface area contributed by atoms with Crippen LogP contribution in [-0.4, -0.2) is 44.6 Å². The maximum atomic E-state index is 13.2. The monoisotopic (exact) mass is 459 g/mol. The average molecular weight is 460 g/mol. The minimum Gasteiger partial charge on any atom is -0.338 e. The molecule has 1 saturated heterocycles. The first-order valence-electron chi connectivity index (χ1n) is 11.1. The third kappa shape index (κ3) is 4.26. The second-order valence-electron chi connectivity index (χ2n) is 8.44. The minimum absolute atomic E-state index is 0.0226. The van der Waals surface area contributed by atoms with Gasteiger partial charge in [-0.25, -0.2) is 9.67 Å². The van der Waals surface area contributed by atoms with E-state index in [2.05, 4.69) is 15.4 Å². The summed E-state index contributed by atoms with van der Waals surface area (Å²) in [4.78, 5) is 33.6. The van der Waals surface area contributed by atoms with Crippen molar-refractivity contribution in [3.63, 3.8) is 0 Å². The van der Waals surface area contributed by atoms with E-state index in [0.29, 0.717) is 36.6 Å². The van der Waals surface area contributed by atoms with E-state index in [1.165, 1.54) is 11.3 Å². The Morgan fingerprint density at radius 2 is 1.82 bits per heavy atom. The molecule has 0 atom stereocenters. The molecule has 5 rings (SSSR count). The first kappa shape index (κ1) is 21.3. The number of fused-ring (bicyclic) bond motifs is 1. The number of para-hydroxylation sites is 1. The van der Waals surface area contributed by atoms with Gasteiger partial charge in [-0.05, 0) is 62.6 Å². The van der Waals surface area contributed by atoms with E-state index in [0.717, 1.165) is 27.2 Å². The lowest BCUT2D eigenvalue weighted by molar-refractivity contribution is -0.121. The van der Waals surface area contributed by atoms with Crippen molar-refractivity contribution in [3.8, 4) is 5.69 Å². The summed E-state index contributed by atoms with van der Waals surface area (Å²) in [6.45, 7) is 5.07. The Labute approximate surface area is 196 Å². The topological polar surface area (TPSA) is 80.1 Å². The van der Waals surface area contributed by atoms with Gasteiger partial charge in [0, 0.05) is 30.6 Å². The van der Waals surface area contributed by atoms with Crippen LogP contribution in [0.1, 0.15) is 33.8 Å². The predicted octanol–water partition coefficient (Wildman–Crippen LogP) is 4.59. The second kappa shape index (κ2) is 8.78. The zero-order valence-electron chi connectivity index (χ0n) is 18.6. The largest absolute Gasteiger partial charge is 0.338 e. The number of rotatable bonds is 4. The van der Waals surface area contributed by atoms with Crippen LogP contribution in [0.15, 0.2) is 54.7 Å². The first-order valence-corrected chi connectivity index (χ1v) is 11.9. The minimum atomic E-state index is -0.118. The number of nitrogens with zero attached hydrogens (tertiary/aromatic N) is 4. The summed E-state index contributed by atoms with van der Waals surface area (Å²) in [7, 11) is 0. The number of carbonyl (C=O) groups excluding carboxylic acids is 2. The highest BCUT2D eigenvalue weighted by Crippen LogP contribution is 2.32. The van der Waals surface area contributed by atoms with E-state index in [9.17, 15) is 9.59 Å². The van der Waals surface area contributed by atoms with Crippen molar-refractivity contribution in [1.82, 2.24) is 19.7 Å². The zero-order valence-corrected chi connectivity index (χ0v) is 19.4. The Balaban J connectivity index is 1.27. The molecule has 0 radical (unpaired) electrons. The van der Waals surface area contributed by atoms with Crippen LogP contribution in [0.3, 0.4) is 0 Å². The maximum absolute atomic E-state index is 13.2. The van der Waals surface area contributed by atoms with Crippen LogP contribution >= 0.6 is 11.3 Å². The quantitative estimate of drug-likeness (QED) is 0.484. The third-order valence-electron chi connectivity index (χ3n) is 6.08. The summed E-state index contributed by atoms with van der Waals surface area (Å²) in [5, 5.41) is 8.57. The molecule has 0 bridgehead atoms. The van der Waals surface area contributed by atoms with Gasteiger partial charge in [0.05, 0.1) is 16.3 Å². The van der Waals surface area contributed by atoms with E-state index in [4.69, 9.17) is 0 Å². The van der Waals surface area contributed by atoms with Gasteiger partial charge >= 0.3 is 0 Å². The number of pyridine rings is 1. The number of thiophene rings is 1. The number of benzene rings is 1. The summed E-state index contributed by atoms with van der Waals surface area (Å²) in [5.74, 6) is 0.453. The van der Waals surface area contributed by atoms with Crippen molar-refractivity contribution in [1.29, 1.82) is 0 Å². The molecule has 0 aliphatic carbocycles. The Morgan fingerprint density at radius 3 is 2.55 bits per heavy atom. The van der Waals surface area contributed by atoms with E-state index in [-0.39, 0.29) is 17.7 Å². The SMILES string of the molecule is Cc1ccnc(NC(=O)C2CCN(C(=O)c3cc4c(C)nn(-c5ccccc5)c4s3)CC2)c1. The normalized spacial score (nSPS) is 14.5. The van der Waals surface area contributed by atoms with Gasteiger partial charge in [0.1, 0.15) is 10.6 Å². The fourth-order valence-corrected chi connectivity index (χ4v) is 5.38. The lowest BCUT2D eigenvalue weighted by Crippen LogP contribution is -2.41. The number of aromatic nitrogens is 3. The van der Waals surface area contributed by atoms with Crippen molar-refractivity contribution >= 4 is 39.2 Å². The molecule has 1 fully saturated rings. The number of hydrogen-bond acceptors (Lipinski definition) is 5. The van der Waals surface area contributed by atoms with Crippen molar-refractivity contribution < 1.29 is 9.59 Å². The Morgan fingerprint density at radius 1 is 1.06 bits per heavy atom. The fraction of sp³-hybridized carbons (Fsp3) is 0.280. The first-order chi connectivity index (χ1) is 16.0. The fourth-order valence-electron chi connectivity index (χ4n) is 4.23. The lowest BCUT2D eigenvalue weighted by Gasteiger charge is -2.31. The maximum Gasteiger partial charge on any atom is 0.264 e. The standard InChI is InChI=1S/C25H25N5O2S/c1-16-8-11-26-22(14-16)27-23(31)18-9-12-29(13-10-18)24(32)21-15-20-17(2)28-30(25(20)33-21)19-6-4-3-5-7-19/h3-8,11,14-15,18H,9-10,12-13H2,1-2H3,(H,26,27,31). The summed E-state index contributed by atoms with van der Waals surface area (Å²) >= 11 is 1.47. The van der Waals surface area contributed by atoms with Gasteiger partial charge in [0.25, 0.3) is 5.91 Å². The van der Waals surface area contributed by atoms with Crippen molar-refractivity contribution in [2.24, 2.45) is 5.92 Å². The Bertz CT molecular complexity index is 1320. The molecule has 4 heterocycles. The predicted molar refractivity (Wildman–Crippen MR) is 130 cm³/mol. The molecule has 168 valence electrons. The van der Waals surface area contributed by atoms with E-state index < -0.39 is 0 Å². The molecule has 1 N–H and O–H groups in total. The summed E-state index contributed by atoms with van der Waals surface area (Å²) < 4.78 is 1.90. The average Bonchev–Trinajstić information content (AvgIpc) is 3.40. The molecule has 0 saturated carbocycles. The van der Waals surface area contributed by atoms with Crippen LogP contribution in [-0.2, 0) is 4.79 Å². The second-order valence-corrected chi connectivity index (χ2v) is 9.47.